The Morgan fingerprint density at radius 1 is 1.09 bits per heavy atom. The highest BCUT2D eigenvalue weighted by Gasteiger charge is 2.56. The summed E-state index contributed by atoms with van der Waals surface area (Å²) in [5.41, 5.74) is 1.36. The summed E-state index contributed by atoms with van der Waals surface area (Å²) >= 11 is 1.38. The largest absolute Gasteiger partial charge is 0.497 e. The van der Waals surface area contributed by atoms with E-state index in [2.05, 4.69) is 10.3 Å². The summed E-state index contributed by atoms with van der Waals surface area (Å²) in [6, 6.07) is 5.18. The zero-order valence-electron chi connectivity index (χ0n) is 20.4. The Morgan fingerprint density at radius 2 is 1.80 bits per heavy atom. The zero-order valence-corrected chi connectivity index (χ0v) is 21.2. The van der Waals surface area contributed by atoms with E-state index in [4.69, 9.17) is 9.47 Å². The third-order valence-electron chi connectivity index (χ3n) is 8.73. The maximum Gasteiger partial charge on any atom is 0.248 e. The van der Waals surface area contributed by atoms with Crippen LogP contribution >= 0.6 is 11.3 Å². The number of likely N-dealkylation sites (tertiary alicyclic amines) is 1. The van der Waals surface area contributed by atoms with Crippen LogP contribution in [0.25, 0.3) is 11.3 Å². The Balaban J connectivity index is 1.17. The first-order valence-corrected chi connectivity index (χ1v) is 13.7. The van der Waals surface area contributed by atoms with Crippen LogP contribution in [0.2, 0.25) is 0 Å². The molecule has 2 amide bonds. The molecule has 4 saturated carbocycles. The highest BCUT2D eigenvalue weighted by Crippen LogP contribution is 2.60. The molecule has 1 aromatic carbocycles. The Labute approximate surface area is 210 Å². The lowest BCUT2D eigenvalue weighted by molar-refractivity contribution is -0.160. The molecule has 186 valence electrons. The fourth-order valence-corrected chi connectivity index (χ4v) is 8.33. The summed E-state index contributed by atoms with van der Waals surface area (Å²) in [5.74, 6) is 3.63. The number of methoxy groups -OCH3 is 2. The molecular weight excluding hydrogens is 462 g/mol. The molecule has 5 aliphatic rings. The van der Waals surface area contributed by atoms with Crippen molar-refractivity contribution in [1.82, 2.24) is 9.88 Å². The molecule has 1 N–H and O–H groups in total. The number of anilines is 1. The van der Waals surface area contributed by atoms with E-state index in [0.29, 0.717) is 47.3 Å². The number of thiazole rings is 1. The normalized spacial score (nSPS) is 31.0. The monoisotopic (exact) mass is 495 g/mol. The summed E-state index contributed by atoms with van der Waals surface area (Å²) in [6.07, 6.45) is 8.61. The number of amides is 2. The first-order valence-electron chi connectivity index (χ1n) is 12.8. The van der Waals surface area contributed by atoms with Gasteiger partial charge in [-0.15, -0.1) is 11.3 Å². The van der Waals surface area contributed by atoms with Gasteiger partial charge in [0.25, 0.3) is 0 Å². The Morgan fingerprint density at radius 3 is 2.46 bits per heavy atom. The van der Waals surface area contributed by atoms with Crippen molar-refractivity contribution in [2.45, 2.75) is 57.4 Å². The molecule has 1 unspecified atom stereocenters. The number of benzene rings is 1. The van der Waals surface area contributed by atoms with Crippen molar-refractivity contribution in [3.8, 4) is 22.8 Å². The molecule has 1 atom stereocenters. The van der Waals surface area contributed by atoms with E-state index in [1.54, 1.807) is 14.2 Å². The molecule has 1 saturated heterocycles. The number of rotatable bonds is 6. The van der Waals surface area contributed by atoms with E-state index in [1.807, 2.05) is 28.5 Å². The molecule has 4 bridgehead atoms. The van der Waals surface area contributed by atoms with Gasteiger partial charge in [0.15, 0.2) is 5.13 Å². The standard InChI is InChI=1S/C27H33N3O4S/c1-33-19-5-6-20(23(11-19)34-2)21-15-35-26(28-21)29-24(31)22-4-3-7-30(22)25(32)27-12-16-8-17(13-27)10-18(9-16)14-27/h5-6,11,15-18,22H,3-4,7-10,12-14H2,1-2H3,(H,28,29,31). The second kappa shape index (κ2) is 8.80. The maximum atomic E-state index is 13.9. The minimum atomic E-state index is -0.404. The molecule has 7 rings (SSSR count). The van der Waals surface area contributed by atoms with Crippen LogP contribution in [0, 0.1) is 23.2 Å². The molecule has 8 heteroatoms. The summed E-state index contributed by atoms with van der Waals surface area (Å²) in [5, 5.41) is 5.45. The third kappa shape index (κ3) is 3.99. The lowest BCUT2D eigenvalue weighted by atomic mass is 9.49. The van der Waals surface area contributed by atoms with Crippen molar-refractivity contribution in [3.05, 3.63) is 23.6 Å². The van der Waals surface area contributed by atoms with E-state index in [-0.39, 0.29) is 17.2 Å². The number of aromatic nitrogens is 1. The number of carbonyl (C=O) groups excluding carboxylic acids is 2. The van der Waals surface area contributed by atoms with Crippen LogP contribution in [0.5, 0.6) is 11.5 Å². The van der Waals surface area contributed by atoms with E-state index in [0.717, 1.165) is 36.9 Å². The molecule has 2 heterocycles. The van der Waals surface area contributed by atoms with Crippen molar-refractivity contribution in [3.63, 3.8) is 0 Å². The minimum Gasteiger partial charge on any atom is -0.497 e. The number of hydrogen-bond donors (Lipinski definition) is 1. The SMILES string of the molecule is COc1ccc(-c2csc(NC(=O)C3CCCN3C(=O)C34CC5CC(CC(C5)C3)C4)n2)c(OC)c1. The average Bonchev–Trinajstić information content (AvgIpc) is 3.52. The van der Waals surface area contributed by atoms with Gasteiger partial charge in [0.05, 0.1) is 25.3 Å². The molecule has 35 heavy (non-hydrogen) atoms. The predicted molar refractivity (Wildman–Crippen MR) is 135 cm³/mol. The molecular formula is C27H33N3O4S. The zero-order chi connectivity index (χ0) is 24.2. The number of nitrogens with one attached hydrogen (secondary N) is 1. The lowest BCUT2D eigenvalue weighted by Crippen LogP contribution is -2.56. The minimum absolute atomic E-state index is 0.122. The fraction of sp³-hybridized carbons (Fsp3) is 0.593. The van der Waals surface area contributed by atoms with Gasteiger partial charge in [-0.2, -0.15) is 0 Å². The summed E-state index contributed by atoms with van der Waals surface area (Å²) in [7, 11) is 3.23. The van der Waals surface area contributed by atoms with E-state index >= 15 is 0 Å². The third-order valence-corrected chi connectivity index (χ3v) is 9.48. The smallest absolute Gasteiger partial charge is 0.248 e. The van der Waals surface area contributed by atoms with Gasteiger partial charge in [-0.1, -0.05) is 0 Å². The first-order chi connectivity index (χ1) is 17.0. The quantitative estimate of drug-likeness (QED) is 0.612. The van der Waals surface area contributed by atoms with Gasteiger partial charge in [0.1, 0.15) is 17.5 Å². The highest BCUT2D eigenvalue weighted by atomic mass is 32.1. The van der Waals surface area contributed by atoms with Gasteiger partial charge in [-0.25, -0.2) is 4.98 Å². The fourth-order valence-electron chi connectivity index (χ4n) is 7.61. The average molecular weight is 496 g/mol. The summed E-state index contributed by atoms with van der Waals surface area (Å²) in [6.45, 7) is 0.685. The van der Waals surface area contributed by atoms with Crippen LogP contribution in [0.3, 0.4) is 0 Å². The number of hydrogen-bond acceptors (Lipinski definition) is 6. The van der Waals surface area contributed by atoms with Crippen LogP contribution in [-0.4, -0.2) is 48.5 Å². The molecule has 1 aromatic heterocycles. The number of carbonyl (C=O) groups is 2. The molecule has 2 aromatic rings. The van der Waals surface area contributed by atoms with Crippen LogP contribution < -0.4 is 14.8 Å². The van der Waals surface area contributed by atoms with Gasteiger partial charge in [0.2, 0.25) is 11.8 Å². The van der Waals surface area contributed by atoms with Gasteiger partial charge in [-0.05, 0) is 81.3 Å². The number of nitrogens with zero attached hydrogens (tertiary/aromatic N) is 2. The van der Waals surface area contributed by atoms with Gasteiger partial charge < -0.3 is 19.7 Å². The van der Waals surface area contributed by atoms with Crippen LogP contribution in [0.15, 0.2) is 23.6 Å². The van der Waals surface area contributed by atoms with Crippen molar-refractivity contribution in [1.29, 1.82) is 0 Å². The summed E-state index contributed by atoms with van der Waals surface area (Å²) < 4.78 is 10.8. The van der Waals surface area contributed by atoms with Gasteiger partial charge >= 0.3 is 0 Å². The lowest BCUT2D eigenvalue weighted by Gasteiger charge is -2.56. The van der Waals surface area contributed by atoms with Crippen LogP contribution in [0.1, 0.15) is 51.4 Å². The van der Waals surface area contributed by atoms with Crippen molar-refractivity contribution < 1.29 is 19.1 Å². The van der Waals surface area contributed by atoms with E-state index in [1.165, 1.54) is 30.6 Å². The van der Waals surface area contributed by atoms with Gasteiger partial charge in [-0.3, -0.25) is 9.59 Å². The predicted octanol–water partition coefficient (Wildman–Crippen LogP) is 4.97. The Bertz CT molecular complexity index is 1110. The second-order valence-corrected chi connectivity index (χ2v) is 11.8. The molecule has 7 nitrogen and oxygen atoms in total. The van der Waals surface area contributed by atoms with Gasteiger partial charge in [0, 0.05) is 23.6 Å². The first kappa shape index (κ1) is 22.8. The molecule has 5 fully saturated rings. The number of ether oxygens (including phenoxy) is 2. The van der Waals surface area contributed by atoms with Crippen molar-refractivity contribution in [2.75, 3.05) is 26.1 Å². The molecule has 0 radical (unpaired) electrons. The topological polar surface area (TPSA) is 80.8 Å². The van der Waals surface area contributed by atoms with E-state index in [9.17, 15) is 9.59 Å². The van der Waals surface area contributed by atoms with Crippen LogP contribution in [-0.2, 0) is 9.59 Å². The van der Waals surface area contributed by atoms with Crippen LogP contribution in [0.4, 0.5) is 5.13 Å². The van der Waals surface area contributed by atoms with E-state index < -0.39 is 6.04 Å². The molecule has 0 spiro atoms. The molecule has 1 aliphatic heterocycles. The van der Waals surface area contributed by atoms with Crippen molar-refractivity contribution >= 4 is 28.3 Å². The highest BCUT2D eigenvalue weighted by molar-refractivity contribution is 7.14. The van der Waals surface area contributed by atoms with Crippen molar-refractivity contribution in [2.24, 2.45) is 23.2 Å². The second-order valence-electron chi connectivity index (χ2n) is 10.9. The Kier molecular flexibility index (Phi) is 5.74. The Hall–Kier alpha value is -2.61. The molecule has 4 aliphatic carbocycles. The maximum absolute atomic E-state index is 13.9. The summed E-state index contributed by atoms with van der Waals surface area (Å²) in [4.78, 5) is 33.8.